The van der Waals surface area contributed by atoms with Crippen LogP contribution in [0.15, 0.2) is 91.0 Å². The third-order valence-electron chi connectivity index (χ3n) is 12.5. The van der Waals surface area contributed by atoms with Gasteiger partial charge in [0.15, 0.2) is 12.2 Å². The summed E-state index contributed by atoms with van der Waals surface area (Å²) >= 11 is 0. The number of amides is 3. The van der Waals surface area contributed by atoms with Gasteiger partial charge in [-0.05, 0) is 66.4 Å². The van der Waals surface area contributed by atoms with Gasteiger partial charge in [-0.1, -0.05) is 61.6 Å². The van der Waals surface area contributed by atoms with Crippen molar-refractivity contribution in [1.29, 1.82) is 0 Å². The Hall–Kier alpha value is -5.57. The predicted octanol–water partition coefficient (Wildman–Crippen LogP) is 5.80. The summed E-state index contributed by atoms with van der Waals surface area (Å²) in [6, 6.07) is 26.8. The number of anilines is 3. The first-order chi connectivity index (χ1) is 27.4. The molecule has 14 heteroatoms. The molecule has 1 spiro atoms. The largest absolute Gasteiger partial charge is 0.497 e. The third-order valence-corrected chi connectivity index (χ3v) is 16.9. The molecule has 4 aliphatic heterocycles. The molecule has 57 heavy (non-hydrogen) atoms. The fourth-order valence-electron chi connectivity index (χ4n) is 9.78. The number of fused-ring (bicyclic) bond motifs is 3. The van der Waals surface area contributed by atoms with Crippen LogP contribution in [0.25, 0.3) is 0 Å². The van der Waals surface area contributed by atoms with Crippen LogP contribution in [0.1, 0.15) is 37.3 Å². The summed E-state index contributed by atoms with van der Waals surface area (Å²) in [5, 5.41) is 23.4. The number of nitro groups is 1. The lowest BCUT2D eigenvalue weighted by atomic mass is 9.82. The molecule has 5 atom stereocenters. The normalized spacial score (nSPS) is 24.1. The number of methoxy groups -OCH3 is 1. The van der Waals surface area contributed by atoms with E-state index in [0.717, 1.165) is 17.2 Å². The molecule has 4 aliphatic rings. The highest BCUT2D eigenvalue weighted by Gasteiger charge is 2.67. The molecule has 8 rings (SSSR count). The maximum atomic E-state index is 15.4. The number of para-hydroxylation sites is 2. The Morgan fingerprint density at radius 2 is 1.79 bits per heavy atom. The number of likely N-dealkylation sites (tertiary alicyclic amines) is 1. The number of nitro benzene ring substituents is 1. The van der Waals surface area contributed by atoms with Crippen LogP contribution in [-0.4, -0.2) is 79.7 Å². The first-order valence-electron chi connectivity index (χ1n) is 19.4. The lowest BCUT2D eigenvalue weighted by molar-refractivity contribution is -0.385. The summed E-state index contributed by atoms with van der Waals surface area (Å²) in [5.41, 5.74) is 0.755. The summed E-state index contributed by atoms with van der Waals surface area (Å²) in [6.45, 7) is 6.78. The molecule has 3 amide bonds. The molecule has 0 aromatic heterocycles. The van der Waals surface area contributed by atoms with Crippen molar-refractivity contribution in [3.63, 3.8) is 0 Å². The Kier molecular flexibility index (Phi) is 9.91. The summed E-state index contributed by atoms with van der Waals surface area (Å²) in [7, 11) is -1.02. The molecule has 1 N–H and O–H groups in total. The van der Waals surface area contributed by atoms with E-state index >= 15 is 4.79 Å². The zero-order valence-electron chi connectivity index (χ0n) is 32.4. The van der Waals surface area contributed by atoms with Crippen LogP contribution in [0.4, 0.5) is 22.7 Å². The Balaban J connectivity index is 1.20. The number of rotatable bonds is 10. The molecule has 4 aromatic carbocycles. The van der Waals surface area contributed by atoms with Crippen molar-refractivity contribution in [3.8, 4) is 11.5 Å². The van der Waals surface area contributed by atoms with Crippen molar-refractivity contribution in [3.05, 3.63) is 112 Å². The highest BCUT2D eigenvalue weighted by molar-refractivity contribution is 6.91. The average Bonchev–Trinajstić information content (AvgIpc) is 3.88. The SMILES string of the molecule is COc1ccc([Si](C)(C)[C@H]2[C@H](CC(=O)N3CCC[C@H]3CO)O[C@@]3(C(=O)N(Cc4cccc(N5C(=O)COc6ccccc65)c4)c4ccc([N+](=O)[O-])cc43)[C@@H]2C)cc1. The third kappa shape index (κ3) is 6.35. The van der Waals surface area contributed by atoms with E-state index in [4.69, 9.17) is 14.2 Å². The maximum absolute atomic E-state index is 15.4. The fourth-order valence-corrected chi connectivity index (χ4v) is 13.8. The number of aliphatic hydroxyl groups excluding tert-OH is 1. The monoisotopic (exact) mass is 790 g/mol. The zero-order valence-corrected chi connectivity index (χ0v) is 33.4. The summed E-state index contributed by atoms with van der Waals surface area (Å²) in [5.74, 6) is 0.0457. The number of hydrogen-bond acceptors (Lipinski definition) is 9. The smallest absolute Gasteiger partial charge is 0.269 e. The van der Waals surface area contributed by atoms with Gasteiger partial charge in [0.05, 0.1) is 63.2 Å². The Bertz CT molecular complexity index is 2250. The van der Waals surface area contributed by atoms with E-state index in [-0.39, 0.29) is 61.2 Å². The number of carbonyl (C=O) groups excluding carboxylic acids is 3. The maximum Gasteiger partial charge on any atom is 0.269 e. The van der Waals surface area contributed by atoms with Crippen molar-refractivity contribution in [1.82, 2.24) is 4.90 Å². The van der Waals surface area contributed by atoms with Crippen LogP contribution in [0.5, 0.6) is 11.5 Å². The second-order valence-electron chi connectivity index (χ2n) is 15.9. The van der Waals surface area contributed by atoms with E-state index in [1.807, 2.05) is 79.7 Å². The molecule has 0 bridgehead atoms. The molecule has 13 nitrogen and oxygen atoms in total. The van der Waals surface area contributed by atoms with Gasteiger partial charge >= 0.3 is 0 Å². The first-order valence-corrected chi connectivity index (χ1v) is 22.4. The van der Waals surface area contributed by atoms with Crippen LogP contribution in [0.2, 0.25) is 18.6 Å². The van der Waals surface area contributed by atoms with Gasteiger partial charge in [-0.15, -0.1) is 0 Å². The minimum Gasteiger partial charge on any atom is -0.497 e. The minimum absolute atomic E-state index is 0.00548. The number of non-ortho nitro benzene ring substituents is 1. The molecule has 2 saturated heterocycles. The molecule has 0 saturated carbocycles. The second-order valence-corrected chi connectivity index (χ2v) is 20.6. The van der Waals surface area contributed by atoms with Crippen molar-refractivity contribution < 1.29 is 38.6 Å². The van der Waals surface area contributed by atoms with Gasteiger partial charge in [0.1, 0.15) is 11.5 Å². The van der Waals surface area contributed by atoms with Gasteiger partial charge in [-0.25, -0.2) is 0 Å². The molecular formula is C43H46N4O9Si. The van der Waals surface area contributed by atoms with Crippen molar-refractivity contribution >= 4 is 53.7 Å². The van der Waals surface area contributed by atoms with Gasteiger partial charge in [-0.2, -0.15) is 0 Å². The van der Waals surface area contributed by atoms with E-state index in [2.05, 4.69) is 13.1 Å². The molecule has 2 fully saturated rings. The van der Waals surface area contributed by atoms with Crippen LogP contribution < -0.4 is 24.5 Å². The van der Waals surface area contributed by atoms with Gasteiger partial charge in [0.2, 0.25) is 5.91 Å². The van der Waals surface area contributed by atoms with Gasteiger partial charge < -0.3 is 29.1 Å². The standard InChI is InChI=1S/C43H46N4O9Si/c1-27-41(57(3,4)33-17-15-32(54-2)16-18-33)38(23-39(49)44-20-8-11-31(44)25-48)56-43(27)34-22-30(47(52)53)14-19-35(34)45(42(43)51)24-28-9-7-10-29(21-28)46-36-12-5-6-13-37(36)55-26-40(46)50/h5-7,9-10,12-19,21-22,27,31,38,41,48H,8,11,20,23-26H2,1-4H3/t27-,31+,38+,41-,43+/m1/s1. The summed E-state index contributed by atoms with van der Waals surface area (Å²) in [4.78, 5) is 59.5. The Labute approximate surface area is 331 Å². The number of hydrogen-bond donors (Lipinski definition) is 1. The van der Waals surface area contributed by atoms with E-state index in [1.54, 1.807) is 27.9 Å². The van der Waals surface area contributed by atoms with Crippen molar-refractivity contribution in [2.24, 2.45) is 5.92 Å². The molecule has 296 valence electrons. The Morgan fingerprint density at radius 1 is 1.02 bits per heavy atom. The van der Waals surface area contributed by atoms with Crippen molar-refractivity contribution in [2.75, 3.05) is 36.7 Å². The fraction of sp³-hybridized carbons (Fsp3) is 0.372. The van der Waals surface area contributed by atoms with Gasteiger partial charge in [-0.3, -0.25) is 29.4 Å². The van der Waals surface area contributed by atoms with Gasteiger partial charge in [0.25, 0.3) is 17.5 Å². The predicted molar refractivity (Wildman–Crippen MR) is 216 cm³/mol. The minimum atomic E-state index is -2.63. The molecule has 0 unspecified atom stereocenters. The number of nitrogens with zero attached hydrogens (tertiary/aromatic N) is 4. The molecule has 0 radical (unpaired) electrons. The molecule has 0 aliphatic carbocycles. The highest BCUT2D eigenvalue weighted by Crippen LogP contribution is 2.60. The summed E-state index contributed by atoms with van der Waals surface area (Å²) in [6.07, 6.45) is 0.787. The number of aliphatic hydroxyl groups is 1. The van der Waals surface area contributed by atoms with Crippen LogP contribution in [0, 0.1) is 16.0 Å². The quantitative estimate of drug-likeness (QED) is 0.120. The summed E-state index contributed by atoms with van der Waals surface area (Å²) < 4.78 is 18.2. The highest BCUT2D eigenvalue weighted by atomic mass is 28.3. The van der Waals surface area contributed by atoms with Crippen LogP contribution in [0.3, 0.4) is 0 Å². The Morgan fingerprint density at radius 3 is 2.53 bits per heavy atom. The molecular weight excluding hydrogens is 745 g/mol. The van der Waals surface area contributed by atoms with E-state index in [9.17, 15) is 24.8 Å². The topological polar surface area (TPSA) is 152 Å². The van der Waals surface area contributed by atoms with Crippen LogP contribution in [-0.2, 0) is 31.3 Å². The van der Waals surface area contributed by atoms with Crippen molar-refractivity contribution in [2.45, 2.75) is 69.1 Å². The lowest BCUT2D eigenvalue weighted by Crippen LogP contribution is -2.52. The lowest BCUT2D eigenvalue weighted by Gasteiger charge is -2.37. The molecule has 4 heterocycles. The number of carbonyl (C=O) groups is 3. The van der Waals surface area contributed by atoms with E-state index in [1.165, 1.54) is 12.1 Å². The number of ether oxygens (including phenoxy) is 3. The number of benzene rings is 4. The first kappa shape index (κ1) is 38.3. The van der Waals surface area contributed by atoms with E-state index in [0.29, 0.717) is 47.1 Å². The van der Waals surface area contributed by atoms with Crippen LogP contribution >= 0.6 is 0 Å². The molecule has 4 aromatic rings. The van der Waals surface area contributed by atoms with Gasteiger partial charge in [0, 0.05) is 35.8 Å². The zero-order chi connectivity index (χ0) is 40.2. The second kappa shape index (κ2) is 14.7. The van der Waals surface area contributed by atoms with E-state index < -0.39 is 30.6 Å². The average molecular weight is 791 g/mol.